The number of nitrogen functional groups attached to an aromatic ring is 1. The molecular formula is C14H11CuN5O6. The molecule has 2 heterocycles. The van der Waals surface area contributed by atoms with Gasteiger partial charge in [-0.3, -0.25) is 4.98 Å². The van der Waals surface area contributed by atoms with Crippen LogP contribution in [0.25, 0.3) is 22.2 Å². The number of fused-ring (bicyclic) bond motifs is 1. The van der Waals surface area contributed by atoms with Gasteiger partial charge in [-0.15, -0.1) is 0 Å². The van der Waals surface area contributed by atoms with Gasteiger partial charge < -0.3 is 36.4 Å². The second-order valence-electron chi connectivity index (χ2n) is 4.28. The van der Waals surface area contributed by atoms with Crippen molar-refractivity contribution in [1.29, 1.82) is 0 Å². The average Bonchev–Trinajstić information content (AvgIpc) is 2.55. The molecule has 2 aromatic heterocycles. The molecular weight excluding hydrogens is 398 g/mol. The first-order valence-electron chi connectivity index (χ1n) is 6.51. The Morgan fingerprint density at radius 1 is 0.846 bits per heavy atom. The minimum absolute atomic E-state index is 0. The fourth-order valence-electron chi connectivity index (χ4n) is 1.87. The molecule has 139 valence electrons. The molecule has 0 aliphatic carbocycles. The number of hydrogen-bond acceptors (Lipinski definition) is 9. The van der Waals surface area contributed by atoms with E-state index in [9.17, 15) is 0 Å². The van der Waals surface area contributed by atoms with Crippen molar-refractivity contribution in [3.8, 4) is 11.4 Å². The van der Waals surface area contributed by atoms with Crippen LogP contribution in [0.1, 0.15) is 0 Å². The van der Waals surface area contributed by atoms with Crippen molar-refractivity contribution in [2.24, 2.45) is 0 Å². The van der Waals surface area contributed by atoms with Crippen molar-refractivity contribution >= 4 is 16.6 Å². The van der Waals surface area contributed by atoms with E-state index in [1.54, 1.807) is 6.20 Å². The summed E-state index contributed by atoms with van der Waals surface area (Å²) < 4.78 is 0. The van der Waals surface area contributed by atoms with Crippen molar-refractivity contribution in [1.82, 2.24) is 9.97 Å². The first-order valence-corrected chi connectivity index (χ1v) is 6.51. The Hall–Kier alpha value is -3.50. The zero-order valence-electron chi connectivity index (χ0n) is 12.8. The molecule has 3 rings (SSSR count). The first-order chi connectivity index (χ1) is 11.8. The van der Waals surface area contributed by atoms with Crippen LogP contribution in [0.3, 0.4) is 0 Å². The summed E-state index contributed by atoms with van der Waals surface area (Å²) >= 11 is 0. The Labute approximate surface area is 156 Å². The number of pyridine rings is 2. The molecule has 0 spiro atoms. The summed E-state index contributed by atoms with van der Waals surface area (Å²) in [5, 5.41) is 31.6. The molecule has 12 heteroatoms. The number of benzene rings is 1. The van der Waals surface area contributed by atoms with E-state index in [0.717, 1.165) is 22.2 Å². The summed E-state index contributed by atoms with van der Waals surface area (Å²) in [7, 11) is 0. The van der Waals surface area contributed by atoms with Gasteiger partial charge in [0.2, 0.25) is 0 Å². The van der Waals surface area contributed by atoms with Crippen LogP contribution in [0, 0.1) is 30.6 Å². The second kappa shape index (κ2) is 11.1. The third-order valence-corrected chi connectivity index (χ3v) is 2.70. The molecule has 0 saturated heterocycles. The minimum Gasteiger partial charge on any atom is -0.383 e. The predicted molar refractivity (Wildman–Crippen MR) is 90.1 cm³/mol. The molecule has 0 aliphatic rings. The largest absolute Gasteiger partial charge is 2.00 e. The van der Waals surface area contributed by atoms with Crippen LogP contribution < -0.4 is 5.73 Å². The van der Waals surface area contributed by atoms with E-state index in [-0.39, 0.29) is 17.1 Å². The van der Waals surface area contributed by atoms with Crippen LogP contribution in [0.2, 0.25) is 0 Å². The Kier molecular flexibility index (Phi) is 9.63. The monoisotopic (exact) mass is 408 g/mol. The molecule has 0 saturated carbocycles. The zero-order chi connectivity index (χ0) is 18.8. The Morgan fingerprint density at radius 3 is 1.92 bits per heavy atom. The number of anilines is 1. The molecule has 0 aliphatic heterocycles. The molecule has 26 heavy (non-hydrogen) atoms. The van der Waals surface area contributed by atoms with Crippen molar-refractivity contribution in [3.05, 3.63) is 85.4 Å². The molecule has 0 atom stereocenters. The fourth-order valence-corrected chi connectivity index (χ4v) is 1.87. The topological polar surface area (TPSA) is 184 Å². The standard InChI is InChI=1S/C14H11N3.Cu.2NO3/c15-14-11-6-2-1-5-10(11)9-13(17-14)12-7-3-4-8-16-12;;2*2-1(3)4/h1-9H,(H2,15,17);;;/q;+2;2*-1. The van der Waals surface area contributed by atoms with Crippen LogP contribution in [0.5, 0.6) is 0 Å². The predicted octanol–water partition coefficient (Wildman–Crippen LogP) is 2.40. The van der Waals surface area contributed by atoms with Gasteiger partial charge in [0.15, 0.2) is 0 Å². The quantitative estimate of drug-likeness (QED) is 0.358. The van der Waals surface area contributed by atoms with E-state index in [1.165, 1.54) is 0 Å². The normalized spacial score (nSPS) is 8.77. The molecule has 11 nitrogen and oxygen atoms in total. The first kappa shape index (κ1) is 22.5. The van der Waals surface area contributed by atoms with Gasteiger partial charge in [0, 0.05) is 11.6 Å². The zero-order valence-corrected chi connectivity index (χ0v) is 13.8. The van der Waals surface area contributed by atoms with E-state index in [2.05, 4.69) is 9.97 Å². The van der Waals surface area contributed by atoms with Crippen molar-refractivity contribution in [3.63, 3.8) is 0 Å². The third kappa shape index (κ3) is 7.86. The number of rotatable bonds is 1. The molecule has 2 N–H and O–H groups in total. The molecule has 0 unspecified atom stereocenters. The number of aromatic nitrogens is 2. The fraction of sp³-hybridized carbons (Fsp3) is 0. The van der Waals surface area contributed by atoms with Crippen LogP contribution >= 0.6 is 0 Å². The molecule has 1 aromatic carbocycles. The van der Waals surface area contributed by atoms with Gasteiger partial charge in [-0.05, 0) is 23.6 Å². The maximum absolute atomic E-state index is 8.25. The molecule has 0 amide bonds. The maximum Gasteiger partial charge on any atom is 2.00 e. The van der Waals surface area contributed by atoms with E-state index < -0.39 is 10.2 Å². The summed E-state index contributed by atoms with van der Waals surface area (Å²) in [6, 6.07) is 15.7. The number of hydrogen-bond donors (Lipinski definition) is 1. The van der Waals surface area contributed by atoms with E-state index in [0.29, 0.717) is 5.82 Å². The van der Waals surface area contributed by atoms with Crippen molar-refractivity contribution in [2.75, 3.05) is 5.73 Å². The van der Waals surface area contributed by atoms with Gasteiger partial charge in [0.1, 0.15) is 5.82 Å². The SMILES string of the molecule is Nc1nc(-c2ccccn2)cc2ccccc12.O=[N+]([O-])[O-].O=[N+]([O-])[O-].[Cu+2]. The van der Waals surface area contributed by atoms with Gasteiger partial charge >= 0.3 is 17.1 Å². The summed E-state index contributed by atoms with van der Waals surface area (Å²) in [6.45, 7) is 0. The van der Waals surface area contributed by atoms with Crippen LogP contribution in [-0.4, -0.2) is 20.1 Å². The summed E-state index contributed by atoms with van der Waals surface area (Å²) in [5.41, 5.74) is 7.60. The summed E-state index contributed by atoms with van der Waals surface area (Å²) in [5.74, 6) is 0.545. The van der Waals surface area contributed by atoms with Crippen LogP contribution in [0.4, 0.5) is 5.82 Å². The summed E-state index contributed by atoms with van der Waals surface area (Å²) in [4.78, 5) is 25.2. The van der Waals surface area contributed by atoms with Crippen LogP contribution in [-0.2, 0) is 17.1 Å². The average molecular weight is 409 g/mol. The Morgan fingerprint density at radius 2 is 1.38 bits per heavy atom. The molecule has 0 bridgehead atoms. The summed E-state index contributed by atoms with van der Waals surface area (Å²) in [6.07, 6.45) is 1.75. The van der Waals surface area contributed by atoms with Crippen LogP contribution in [0.15, 0.2) is 54.7 Å². The van der Waals surface area contributed by atoms with Gasteiger partial charge in [0.05, 0.1) is 21.6 Å². The molecule has 1 radical (unpaired) electrons. The third-order valence-electron chi connectivity index (χ3n) is 2.70. The van der Waals surface area contributed by atoms with Gasteiger partial charge in [-0.25, -0.2) is 4.98 Å². The van der Waals surface area contributed by atoms with E-state index in [1.807, 2.05) is 48.5 Å². The maximum atomic E-state index is 8.25. The van der Waals surface area contributed by atoms with E-state index in [4.69, 9.17) is 36.4 Å². The van der Waals surface area contributed by atoms with E-state index >= 15 is 0 Å². The molecule has 0 fully saturated rings. The van der Waals surface area contributed by atoms with Gasteiger partial charge in [-0.2, -0.15) is 0 Å². The minimum atomic E-state index is -1.75. The number of nitrogens with zero attached hydrogens (tertiary/aromatic N) is 4. The second-order valence-corrected chi connectivity index (χ2v) is 4.28. The van der Waals surface area contributed by atoms with Crippen molar-refractivity contribution in [2.45, 2.75) is 0 Å². The smallest absolute Gasteiger partial charge is 0.383 e. The van der Waals surface area contributed by atoms with Crippen molar-refractivity contribution < 1.29 is 27.2 Å². The molecule has 3 aromatic rings. The Balaban J connectivity index is 0.000000596. The van der Waals surface area contributed by atoms with Gasteiger partial charge in [0.25, 0.3) is 0 Å². The van der Waals surface area contributed by atoms with Gasteiger partial charge in [-0.1, -0.05) is 30.3 Å². The Bertz CT molecular complexity index is 845. The number of nitrogens with two attached hydrogens (primary N) is 1.